The maximum atomic E-state index is 13.6. The van der Waals surface area contributed by atoms with Crippen molar-refractivity contribution in [1.29, 1.82) is 0 Å². The first-order valence-electron chi connectivity index (χ1n) is 8.20. The lowest BCUT2D eigenvalue weighted by Gasteiger charge is -2.14. The highest BCUT2D eigenvalue weighted by molar-refractivity contribution is 6.02. The number of amides is 2. The number of ether oxygens (including phenoxy) is 3. The van der Waals surface area contributed by atoms with Gasteiger partial charge in [0.2, 0.25) is 5.91 Å². The van der Waals surface area contributed by atoms with E-state index in [0.717, 1.165) is 18.2 Å². The second-order valence-electron chi connectivity index (χ2n) is 5.68. The molecule has 0 spiro atoms. The van der Waals surface area contributed by atoms with Gasteiger partial charge < -0.3 is 24.8 Å². The Morgan fingerprint density at radius 3 is 2.21 bits per heavy atom. The molecule has 0 unspecified atom stereocenters. The predicted molar refractivity (Wildman–Crippen MR) is 99.1 cm³/mol. The van der Waals surface area contributed by atoms with Crippen LogP contribution >= 0.6 is 0 Å². The van der Waals surface area contributed by atoms with E-state index in [1.54, 1.807) is 0 Å². The zero-order valence-corrected chi connectivity index (χ0v) is 15.8. The Bertz CT molecular complexity index is 949. The molecular weight excluding hydrogens is 390 g/mol. The fourth-order valence-corrected chi connectivity index (χ4v) is 2.33. The summed E-state index contributed by atoms with van der Waals surface area (Å²) in [4.78, 5) is 35.7. The number of carbonyl (C=O) groups excluding carboxylic acids is 3. The van der Waals surface area contributed by atoms with Gasteiger partial charge >= 0.3 is 5.97 Å². The van der Waals surface area contributed by atoms with Crippen LogP contribution in [0.25, 0.3) is 0 Å². The molecule has 0 aliphatic carbocycles. The number of esters is 1. The van der Waals surface area contributed by atoms with Crippen molar-refractivity contribution in [2.24, 2.45) is 0 Å². The van der Waals surface area contributed by atoms with Crippen LogP contribution in [-0.4, -0.2) is 38.6 Å². The molecule has 0 aromatic heterocycles. The molecule has 29 heavy (non-hydrogen) atoms. The Labute approximate surface area is 164 Å². The van der Waals surface area contributed by atoms with Gasteiger partial charge in [0, 0.05) is 25.1 Å². The summed E-state index contributed by atoms with van der Waals surface area (Å²) in [6.45, 7) is 0.468. The zero-order valence-electron chi connectivity index (χ0n) is 15.8. The van der Waals surface area contributed by atoms with Gasteiger partial charge in [-0.2, -0.15) is 0 Å². The van der Waals surface area contributed by atoms with E-state index in [0.29, 0.717) is 0 Å². The van der Waals surface area contributed by atoms with Crippen molar-refractivity contribution in [2.75, 3.05) is 31.5 Å². The zero-order chi connectivity index (χ0) is 21.6. The second kappa shape index (κ2) is 9.49. The van der Waals surface area contributed by atoms with Crippen molar-refractivity contribution in [1.82, 2.24) is 0 Å². The summed E-state index contributed by atoms with van der Waals surface area (Å²) in [5.74, 6) is -3.44. The van der Waals surface area contributed by atoms with Crippen LogP contribution in [0.4, 0.5) is 20.2 Å². The number of anilines is 2. The molecule has 2 amide bonds. The van der Waals surface area contributed by atoms with Crippen LogP contribution in [0.15, 0.2) is 30.3 Å². The number of halogens is 2. The van der Waals surface area contributed by atoms with Gasteiger partial charge in [-0.05, 0) is 12.1 Å². The molecule has 0 heterocycles. The molecule has 0 saturated carbocycles. The number of hydrogen-bond donors (Lipinski definition) is 2. The second-order valence-corrected chi connectivity index (χ2v) is 5.68. The molecule has 0 saturated heterocycles. The largest absolute Gasteiger partial charge is 0.493 e. The molecule has 0 radical (unpaired) electrons. The van der Waals surface area contributed by atoms with E-state index in [1.807, 2.05) is 0 Å². The van der Waals surface area contributed by atoms with Crippen LogP contribution in [0.2, 0.25) is 0 Å². The minimum absolute atomic E-state index is 0.0803. The summed E-state index contributed by atoms with van der Waals surface area (Å²) in [6, 6.07) is 5.17. The van der Waals surface area contributed by atoms with Gasteiger partial charge in [0.25, 0.3) is 5.91 Å². The van der Waals surface area contributed by atoms with Gasteiger partial charge in [0.15, 0.2) is 18.1 Å². The monoisotopic (exact) mass is 408 g/mol. The number of carbonyl (C=O) groups is 3. The number of nitrogens with one attached hydrogen (secondary N) is 2. The fourth-order valence-electron chi connectivity index (χ4n) is 2.33. The fraction of sp³-hybridized carbons (Fsp3) is 0.211. The third-order valence-electron chi connectivity index (χ3n) is 3.59. The predicted octanol–water partition coefficient (Wildman–Crippen LogP) is 2.74. The van der Waals surface area contributed by atoms with E-state index in [1.165, 1.54) is 33.3 Å². The molecular formula is C19H18F2N2O6. The topological polar surface area (TPSA) is 103 Å². The van der Waals surface area contributed by atoms with Crippen molar-refractivity contribution in [3.05, 3.63) is 47.5 Å². The lowest BCUT2D eigenvalue weighted by Crippen LogP contribution is -2.22. The highest BCUT2D eigenvalue weighted by Crippen LogP contribution is 2.33. The molecule has 0 fully saturated rings. The van der Waals surface area contributed by atoms with Crippen LogP contribution in [0.1, 0.15) is 17.3 Å². The maximum absolute atomic E-state index is 13.6. The molecule has 154 valence electrons. The molecule has 2 N–H and O–H groups in total. The molecule has 2 aromatic rings. The molecule has 0 aliphatic rings. The third-order valence-corrected chi connectivity index (χ3v) is 3.59. The summed E-state index contributed by atoms with van der Waals surface area (Å²) < 4.78 is 41.9. The minimum Gasteiger partial charge on any atom is -0.493 e. The number of methoxy groups -OCH3 is 2. The normalized spacial score (nSPS) is 10.1. The SMILES string of the molecule is COc1cc(NC(C)=O)c(C(=O)OCC(=O)Nc2cc(F)ccc2F)cc1OC. The third kappa shape index (κ3) is 5.64. The highest BCUT2D eigenvalue weighted by atomic mass is 19.1. The van der Waals surface area contributed by atoms with E-state index in [-0.39, 0.29) is 22.7 Å². The molecule has 2 aromatic carbocycles. The Hall–Kier alpha value is -3.69. The quantitative estimate of drug-likeness (QED) is 0.683. The van der Waals surface area contributed by atoms with E-state index < -0.39 is 41.7 Å². The molecule has 10 heteroatoms. The van der Waals surface area contributed by atoms with E-state index in [4.69, 9.17) is 14.2 Å². The number of hydrogen-bond acceptors (Lipinski definition) is 6. The summed E-state index contributed by atoms with van der Waals surface area (Å²) in [5.41, 5.74) is -0.407. The van der Waals surface area contributed by atoms with Crippen LogP contribution < -0.4 is 20.1 Å². The lowest BCUT2D eigenvalue weighted by molar-refractivity contribution is -0.119. The van der Waals surface area contributed by atoms with E-state index in [2.05, 4.69) is 10.6 Å². The van der Waals surface area contributed by atoms with Crippen molar-refractivity contribution < 1.29 is 37.4 Å². The van der Waals surface area contributed by atoms with Crippen LogP contribution in [-0.2, 0) is 14.3 Å². The summed E-state index contributed by atoms with van der Waals surface area (Å²) >= 11 is 0. The van der Waals surface area contributed by atoms with Crippen LogP contribution in [0.5, 0.6) is 11.5 Å². The van der Waals surface area contributed by atoms with Crippen molar-refractivity contribution >= 4 is 29.2 Å². The number of rotatable bonds is 7. The first-order chi connectivity index (χ1) is 13.7. The molecule has 8 nitrogen and oxygen atoms in total. The maximum Gasteiger partial charge on any atom is 0.340 e. The smallest absolute Gasteiger partial charge is 0.340 e. The van der Waals surface area contributed by atoms with Crippen molar-refractivity contribution in [3.8, 4) is 11.5 Å². The van der Waals surface area contributed by atoms with Gasteiger partial charge in [-0.1, -0.05) is 0 Å². The van der Waals surface area contributed by atoms with Gasteiger partial charge in [-0.15, -0.1) is 0 Å². The molecule has 0 atom stereocenters. The summed E-state index contributed by atoms with van der Waals surface area (Å²) in [6.07, 6.45) is 0. The van der Waals surface area contributed by atoms with Crippen LogP contribution in [0.3, 0.4) is 0 Å². The van der Waals surface area contributed by atoms with Gasteiger partial charge in [-0.25, -0.2) is 13.6 Å². The molecule has 0 bridgehead atoms. The minimum atomic E-state index is -0.954. The number of benzene rings is 2. The van der Waals surface area contributed by atoms with E-state index in [9.17, 15) is 23.2 Å². The van der Waals surface area contributed by atoms with E-state index >= 15 is 0 Å². The molecule has 2 rings (SSSR count). The van der Waals surface area contributed by atoms with Gasteiger partial charge in [-0.3, -0.25) is 9.59 Å². The Kier molecular flexibility index (Phi) is 7.07. The standard InChI is InChI=1S/C19H18F2N2O6/c1-10(24)22-14-8-17(28-3)16(27-2)7-12(14)19(26)29-9-18(25)23-15-6-11(20)4-5-13(15)21/h4-8H,9H2,1-3H3,(H,22,24)(H,23,25). The van der Waals surface area contributed by atoms with Gasteiger partial charge in [0.1, 0.15) is 11.6 Å². The average Bonchev–Trinajstić information content (AvgIpc) is 2.68. The van der Waals surface area contributed by atoms with Crippen molar-refractivity contribution in [3.63, 3.8) is 0 Å². The average molecular weight is 408 g/mol. The van der Waals surface area contributed by atoms with Crippen molar-refractivity contribution in [2.45, 2.75) is 6.92 Å². The summed E-state index contributed by atoms with van der Waals surface area (Å²) in [7, 11) is 2.73. The Morgan fingerprint density at radius 2 is 1.59 bits per heavy atom. The first kappa shape index (κ1) is 21.6. The Morgan fingerprint density at radius 1 is 0.931 bits per heavy atom. The first-order valence-corrected chi connectivity index (χ1v) is 8.20. The van der Waals surface area contributed by atoms with Gasteiger partial charge in [0.05, 0.1) is 31.2 Å². The van der Waals surface area contributed by atoms with Crippen LogP contribution in [0, 0.1) is 11.6 Å². The highest BCUT2D eigenvalue weighted by Gasteiger charge is 2.20. The Balaban J connectivity index is 2.15. The summed E-state index contributed by atoms with van der Waals surface area (Å²) in [5, 5.41) is 4.55. The lowest BCUT2D eigenvalue weighted by atomic mass is 10.1. The molecule has 0 aliphatic heterocycles.